The summed E-state index contributed by atoms with van der Waals surface area (Å²) in [7, 11) is -2.30. The molecule has 7 nitrogen and oxygen atoms in total. The van der Waals surface area contributed by atoms with Gasteiger partial charge in [0.2, 0.25) is 0 Å². The minimum atomic E-state index is -3.84. The van der Waals surface area contributed by atoms with Gasteiger partial charge in [0.05, 0.1) is 12.0 Å². The summed E-state index contributed by atoms with van der Waals surface area (Å²) < 4.78 is 33.4. The number of nitrogens with one attached hydrogen (secondary N) is 2. The Morgan fingerprint density at radius 2 is 1.94 bits per heavy atom. The van der Waals surface area contributed by atoms with Gasteiger partial charge >= 0.3 is 0 Å². The number of benzene rings is 2. The molecular weight excluding hydrogens is 458 g/mol. The van der Waals surface area contributed by atoms with Crippen LogP contribution < -0.4 is 14.8 Å². The van der Waals surface area contributed by atoms with Crippen LogP contribution >= 0.6 is 11.3 Å². The van der Waals surface area contributed by atoms with E-state index in [1.165, 1.54) is 22.6 Å². The minimum Gasteiger partial charge on any atom is -0.497 e. The number of carbonyl (C=O) groups is 1. The highest BCUT2D eigenvalue weighted by Crippen LogP contribution is 2.24. The van der Waals surface area contributed by atoms with E-state index in [1.807, 2.05) is 0 Å². The average Bonchev–Trinajstić information content (AvgIpc) is 3.27. The number of fused-ring (bicyclic) bond motifs is 1. The van der Waals surface area contributed by atoms with E-state index in [4.69, 9.17) is 4.74 Å². The van der Waals surface area contributed by atoms with Crippen LogP contribution in [0.2, 0.25) is 0 Å². The van der Waals surface area contributed by atoms with E-state index in [9.17, 15) is 13.2 Å². The van der Waals surface area contributed by atoms with E-state index >= 15 is 0 Å². The lowest BCUT2D eigenvalue weighted by Gasteiger charge is -2.26. The standard InChI is InChI=1S/C24H27N3O4S2/c1-17-3-8-21(33(29,30)26-19-4-6-20(31-2)7-5-19)15-22(17)24(28)25-11-13-27-12-9-23-18(16-27)10-14-32-23/h3-8,10,14-15,26H,9,11-13,16H2,1-2H3,(H,25,28). The third-order valence-electron chi connectivity index (χ3n) is 5.71. The summed E-state index contributed by atoms with van der Waals surface area (Å²) in [6.45, 7) is 4.92. The van der Waals surface area contributed by atoms with Crippen molar-refractivity contribution in [3.8, 4) is 5.75 Å². The second kappa shape index (κ2) is 9.94. The largest absolute Gasteiger partial charge is 0.497 e. The number of hydrogen-bond donors (Lipinski definition) is 2. The molecule has 2 N–H and O–H groups in total. The van der Waals surface area contributed by atoms with E-state index in [1.54, 1.807) is 55.7 Å². The molecule has 1 aliphatic heterocycles. The van der Waals surface area contributed by atoms with Crippen molar-refractivity contribution in [1.82, 2.24) is 10.2 Å². The first-order valence-corrected chi connectivity index (χ1v) is 13.1. The predicted octanol–water partition coefficient (Wildman–Crippen LogP) is 3.65. The van der Waals surface area contributed by atoms with Gasteiger partial charge in [-0.3, -0.25) is 14.4 Å². The topological polar surface area (TPSA) is 87.7 Å². The molecule has 2 aromatic carbocycles. The molecule has 1 amide bonds. The van der Waals surface area contributed by atoms with Gasteiger partial charge < -0.3 is 10.1 Å². The highest BCUT2D eigenvalue weighted by atomic mass is 32.2. The Labute approximate surface area is 198 Å². The van der Waals surface area contributed by atoms with Crippen molar-refractivity contribution in [2.45, 2.75) is 24.8 Å². The van der Waals surface area contributed by atoms with Gasteiger partial charge in [-0.15, -0.1) is 11.3 Å². The van der Waals surface area contributed by atoms with Crippen molar-refractivity contribution in [1.29, 1.82) is 0 Å². The van der Waals surface area contributed by atoms with Gasteiger partial charge in [0.25, 0.3) is 15.9 Å². The molecule has 0 spiro atoms. The van der Waals surface area contributed by atoms with Gasteiger partial charge in [0.1, 0.15) is 5.75 Å². The fourth-order valence-electron chi connectivity index (χ4n) is 3.81. The Bertz CT molecular complexity index is 1240. The molecule has 0 unspecified atom stereocenters. The van der Waals surface area contributed by atoms with Gasteiger partial charge in [-0.05, 0) is 72.3 Å². The number of thiophene rings is 1. The lowest BCUT2D eigenvalue weighted by molar-refractivity contribution is 0.0946. The van der Waals surface area contributed by atoms with Crippen LogP contribution in [-0.2, 0) is 23.0 Å². The van der Waals surface area contributed by atoms with Crippen LogP contribution in [-0.4, -0.2) is 46.0 Å². The van der Waals surface area contributed by atoms with Crippen LogP contribution in [0.15, 0.2) is 58.8 Å². The molecule has 2 heterocycles. The Balaban J connectivity index is 1.39. The minimum absolute atomic E-state index is 0.0371. The Kier molecular flexibility index (Phi) is 7.02. The number of amides is 1. The molecule has 4 rings (SSSR count). The molecular formula is C24H27N3O4S2. The zero-order valence-corrected chi connectivity index (χ0v) is 20.3. The first-order valence-electron chi connectivity index (χ1n) is 10.7. The Hall–Kier alpha value is -2.88. The summed E-state index contributed by atoms with van der Waals surface area (Å²) in [6.07, 6.45) is 1.04. The maximum atomic E-state index is 12.9. The Morgan fingerprint density at radius 1 is 1.15 bits per heavy atom. The van der Waals surface area contributed by atoms with Gasteiger partial charge in [-0.25, -0.2) is 8.42 Å². The van der Waals surface area contributed by atoms with Crippen molar-refractivity contribution in [2.24, 2.45) is 0 Å². The second-order valence-corrected chi connectivity index (χ2v) is 10.6. The summed E-state index contributed by atoms with van der Waals surface area (Å²) >= 11 is 1.80. The van der Waals surface area contributed by atoms with Crippen molar-refractivity contribution < 1.29 is 17.9 Å². The monoisotopic (exact) mass is 485 g/mol. The van der Waals surface area contributed by atoms with E-state index in [-0.39, 0.29) is 10.8 Å². The summed E-state index contributed by atoms with van der Waals surface area (Å²) in [6, 6.07) is 13.3. The van der Waals surface area contributed by atoms with E-state index in [0.717, 1.165) is 31.6 Å². The zero-order chi connectivity index (χ0) is 23.4. The number of rotatable bonds is 8. The van der Waals surface area contributed by atoms with Crippen molar-refractivity contribution in [3.05, 3.63) is 75.5 Å². The van der Waals surface area contributed by atoms with Crippen molar-refractivity contribution >= 4 is 33.0 Å². The summed E-state index contributed by atoms with van der Waals surface area (Å²) in [4.78, 5) is 16.6. The maximum absolute atomic E-state index is 12.9. The molecule has 3 aromatic rings. The number of aryl methyl sites for hydroxylation is 1. The van der Waals surface area contributed by atoms with Gasteiger partial charge in [0.15, 0.2) is 0 Å². The lowest BCUT2D eigenvalue weighted by atomic mass is 10.1. The molecule has 0 aliphatic carbocycles. The third kappa shape index (κ3) is 5.55. The van der Waals surface area contributed by atoms with Crippen LogP contribution in [0.5, 0.6) is 5.75 Å². The highest BCUT2D eigenvalue weighted by molar-refractivity contribution is 7.92. The maximum Gasteiger partial charge on any atom is 0.261 e. The van der Waals surface area contributed by atoms with E-state index in [2.05, 4.69) is 26.4 Å². The van der Waals surface area contributed by atoms with E-state index in [0.29, 0.717) is 23.5 Å². The molecule has 1 aromatic heterocycles. The van der Waals surface area contributed by atoms with Crippen LogP contribution in [0.4, 0.5) is 5.69 Å². The average molecular weight is 486 g/mol. The number of nitrogens with zero attached hydrogens (tertiary/aromatic N) is 1. The second-order valence-electron chi connectivity index (χ2n) is 7.96. The van der Waals surface area contributed by atoms with Crippen LogP contribution in [0.25, 0.3) is 0 Å². The normalized spacial score (nSPS) is 13.9. The van der Waals surface area contributed by atoms with Crippen LogP contribution in [0.3, 0.4) is 0 Å². The molecule has 174 valence electrons. The highest BCUT2D eigenvalue weighted by Gasteiger charge is 2.20. The molecule has 0 radical (unpaired) electrons. The predicted molar refractivity (Wildman–Crippen MR) is 131 cm³/mol. The smallest absolute Gasteiger partial charge is 0.261 e. The zero-order valence-electron chi connectivity index (χ0n) is 18.6. The third-order valence-corrected chi connectivity index (χ3v) is 8.11. The van der Waals surface area contributed by atoms with Crippen LogP contribution in [0.1, 0.15) is 26.4 Å². The fourth-order valence-corrected chi connectivity index (χ4v) is 5.78. The SMILES string of the molecule is COc1ccc(NS(=O)(=O)c2ccc(C)c(C(=O)NCCN3CCc4sccc4C3)c2)cc1. The van der Waals surface area contributed by atoms with Crippen molar-refractivity contribution in [3.63, 3.8) is 0 Å². The molecule has 0 saturated heterocycles. The molecule has 1 aliphatic rings. The quantitative estimate of drug-likeness (QED) is 0.509. The fraction of sp³-hybridized carbons (Fsp3) is 0.292. The van der Waals surface area contributed by atoms with Crippen molar-refractivity contribution in [2.75, 3.05) is 31.5 Å². The molecule has 0 fully saturated rings. The number of carbonyl (C=O) groups excluding carboxylic acids is 1. The number of hydrogen-bond acceptors (Lipinski definition) is 6. The number of ether oxygens (including phenoxy) is 1. The van der Waals surface area contributed by atoms with Gasteiger partial charge in [-0.1, -0.05) is 6.07 Å². The molecule has 0 bridgehead atoms. The summed E-state index contributed by atoms with van der Waals surface area (Å²) in [5.41, 5.74) is 2.86. The molecule has 0 saturated carbocycles. The number of anilines is 1. The lowest BCUT2D eigenvalue weighted by Crippen LogP contribution is -2.37. The molecule has 0 atom stereocenters. The molecule has 33 heavy (non-hydrogen) atoms. The van der Waals surface area contributed by atoms with Crippen LogP contribution in [0, 0.1) is 6.92 Å². The number of methoxy groups -OCH3 is 1. The number of sulfonamides is 1. The molecule has 9 heteroatoms. The van der Waals surface area contributed by atoms with E-state index < -0.39 is 10.0 Å². The summed E-state index contributed by atoms with van der Waals surface area (Å²) in [5, 5.41) is 5.07. The first-order chi connectivity index (χ1) is 15.9. The Morgan fingerprint density at radius 3 is 2.70 bits per heavy atom. The first kappa shape index (κ1) is 23.3. The van der Waals surface area contributed by atoms with Gasteiger partial charge in [0, 0.05) is 42.3 Å². The summed E-state index contributed by atoms with van der Waals surface area (Å²) in [5.74, 6) is 0.356. The van der Waals surface area contributed by atoms with Gasteiger partial charge in [-0.2, -0.15) is 0 Å².